The normalized spacial score (nSPS) is 33.4. The average molecular weight is 241 g/mol. The van der Waals surface area contributed by atoms with E-state index in [0.29, 0.717) is 0 Å². The minimum absolute atomic E-state index is 0.0674. The van der Waals surface area contributed by atoms with Gasteiger partial charge in [-0.2, -0.15) is 0 Å². The van der Waals surface area contributed by atoms with E-state index in [0.717, 1.165) is 32.4 Å². The Kier molecular flexibility index (Phi) is 3.10. The van der Waals surface area contributed by atoms with E-state index >= 15 is 0 Å². The largest absolute Gasteiger partial charge is 0.444 e. The third-order valence-corrected chi connectivity index (χ3v) is 3.60. The van der Waals surface area contributed by atoms with Gasteiger partial charge in [-0.05, 0) is 47.0 Å². The third kappa shape index (κ3) is 2.73. The Bertz CT molecular complexity index is 304. The summed E-state index contributed by atoms with van der Waals surface area (Å²) in [5.41, 5.74) is -0.350. The first kappa shape index (κ1) is 12.7. The molecule has 2 aliphatic rings. The van der Waals surface area contributed by atoms with Gasteiger partial charge >= 0.3 is 6.09 Å². The fourth-order valence-electron chi connectivity index (χ4n) is 2.64. The predicted octanol–water partition coefficient (Wildman–Crippen LogP) is 2.56. The van der Waals surface area contributed by atoms with Crippen molar-refractivity contribution in [3.05, 3.63) is 0 Å². The lowest BCUT2D eigenvalue weighted by molar-refractivity contribution is -0.179. The van der Waals surface area contributed by atoms with E-state index in [4.69, 9.17) is 9.47 Å². The topological polar surface area (TPSA) is 38.8 Å². The summed E-state index contributed by atoms with van der Waals surface area (Å²) in [7, 11) is 0. The van der Waals surface area contributed by atoms with E-state index in [-0.39, 0.29) is 17.7 Å². The number of ether oxygens (including phenoxy) is 2. The zero-order valence-electron chi connectivity index (χ0n) is 11.3. The Morgan fingerprint density at radius 3 is 2.47 bits per heavy atom. The lowest BCUT2D eigenvalue weighted by Crippen LogP contribution is -2.57. The van der Waals surface area contributed by atoms with Gasteiger partial charge in [-0.15, -0.1) is 0 Å². The molecule has 0 aromatic heterocycles. The van der Waals surface area contributed by atoms with Crippen LogP contribution in [0.15, 0.2) is 0 Å². The van der Waals surface area contributed by atoms with E-state index in [1.165, 1.54) is 0 Å². The lowest BCUT2D eigenvalue weighted by atomic mass is 9.81. The second-order valence-electron chi connectivity index (χ2n) is 6.26. The molecule has 0 N–H and O–H groups in total. The van der Waals surface area contributed by atoms with E-state index in [2.05, 4.69) is 6.92 Å². The monoisotopic (exact) mass is 241 g/mol. The molecule has 98 valence electrons. The third-order valence-electron chi connectivity index (χ3n) is 3.60. The molecule has 1 amide bonds. The molecule has 2 rings (SSSR count). The Morgan fingerprint density at radius 1 is 1.41 bits per heavy atom. The average Bonchev–Trinajstić information content (AvgIpc) is 2.12. The molecular weight excluding hydrogens is 218 g/mol. The molecule has 0 aromatic rings. The number of hydrogen-bond acceptors (Lipinski definition) is 3. The van der Waals surface area contributed by atoms with Crippen molar-refractivity contribution >= 4 is 6.09 Å². The fourth-order valence-corrected chi connectivity index (χ4v) is 2.64. The van der Waals surface area contributed by atoms with Gasteiger partial charge in [0.15, 0.2) is 0 Å². The quantitative estimate of drug-likeness (QED) is 0.654. The summed E-state index contributed by atoms with van der Waals surface area (Å²) in [4.78, 5) is 13.8. The first-order chi connectivity index (χ1) is 7.81. The van der Waals surface area contributed by atoms with Crippen LogP contribution >= 0.6 is 0 Å². The van der Waals surface area contributed by atoms with E-state index in [1.807, 2.05) is 25.7 Å². The van der Waals surface area contributed by atoms with Crippen molar-refractivity contribution in [2.45, 2.75) is 64.2 Å². The SMILES string of the molecule is C[C@H]1C[C@@]2(CCO2)CCN1C(=O)OC(C)(C)C. The highest BCUT2D eigenvalue weighted by Gasteiger charge is 2.45. The number of piperidine rings is 1. The number of amides is 1. The Labute approximate surface area is 103 Å². The molecule has 2 aliphatic heterocycles. The second kappa shape index (κ2) is 4.16. The predicted molar refractivity (Wildman–Crippen MR) is 64.9 cm³/mol. The maximum Gasteiger partial charge on any atom is 0.410 e. The van der Waals surface area contributed by atoms with Gasteiger partial charge in [0.2, 0.25) is 0 Å². The van der Waals surface area contributed by atoms with Crippen molar-refractivity contribution in [3.63, 3.8) is 0 Å². The number of likely N-dealkylation sites (tertiary alicyclic amines) is 1. The van der Waals surface area contributed by atoms with Crippen LogP contribution in [0.1, 0.15) is 47.0 Å². The molecule has 17 heavy (non-hydrogen) atoms. The lowest BCUT2D eigenvalue weighted by Gasteiger charge is -2.50. The summed E-state index contributed by atoms with van der Waals surface area (Å²) in [6.45, 7) is 9.39. The summed E-state index contributed by atoms with van der Waals surface area (Å²) >= 11 is 0. The Hall–Kier alpha value is -0.770. The minimum Gasteiger partial charge on any atom is -0.444 e. The summed E-state index contributed by atoms with van der Waals surface area (Å²) in [6, 6.07) is 0.207. The van der Waals surface area contributed by atoms with Crippen LogP contribution in [-0.4, -0.2) is 41.4 Å². The van der Waals surface area contributed by atoms with Gasteiger partial charge in [-0.1, -0.05) is 0 Å². The molecule has 2 heterocycles. The molecule has 1 spiro atoms. The molecule has 0 saturated carbocycles. The molecule has 2 atom stereocenters. The number of carbonyl (C=O) groups is 1. The summed E-state index contributed by atoms with van der Waals surface area (Å²) < 4.78 is 11.1. The maximum atomic E-state index is 12.0. The Balaban J connectivity index is 1.92. The number of carbonyl (C=O) groups excluding carboxylic acids is 1. The highest BCUT2D eigenvalue weighted by Crippen LogP contribution is 2.39. The minimum atomic E-state index is -0.418. The molecule has 2 fully saturated rings. The van der Waals surface area contributed by atoms with Gasteiger partial charge in [0, 0.05) is 12.6 Å². The standard InChI is InChI=1S/C13H23NO3/c1-10-9-13(6-8-16-13)5-7-14(10)11(15)17-12(2,3)4/h10H,5-9H2,1-4H3/t10-,13-/m0/s1. The van der Waals surface area contributed by atoms with E-state index in [9.17, 15) is 4.79 Å². The molecule has 0 radical (unpaired) electrons. The Morgan fingerprint density at radius 2 is 2.06 bits per heavy atom. The fraction of sp³-hybridized carbons (Fsp3) is 0.923. The van der Waals surface area contributed by atoms with Gasteiger partial charge in [0.25, 0.3) is 0 Å². The molecule has 4 heteroatoms. The highest BCUT2D eigenvalue weighted by molar-refractivity contribution is 5.68. The van der Waals surface area contributed by atoms with Crippen LogP contribution in [-0.2, 0) is 9.47 Å². The molecule has 2 saturated heterocycles. The second-order valence-corrected chi connectivity index (χ2v) is 6.26. The van der Waals surface area contributed by atoms with Crippen LogP contribution in [0.3, 0.4) is 0 Å². The molecule has 0 aromatic carbocycles. The van der Waals surface area contributed by atoms with Crippen LogP contribution in [0.4, 0.5) is 4.79 Å². The van der Waals surface area contributed by atoms with E-state index < -0.39 is 5.60 Å². The molecule has 0 aliphatic carbocycles. The smallest absolute Gasteiger partial charge is 0.410 e. The molecule has 0 bridgehead atoms. The molecule has 4 nitrogen and oxygen atoms in total. The van der Waals surface area contributed by atoms with Crippen molar-refractivity contribution in [3.8, 4) is 0 Å². The van der Waals surface area contributed by atoms with Gasteiger partial charge in [0.1, 0.15) is 5.60 Å². The zero-order chi connectivity index (χ0) is 12.7. The van der Waals surface area contributed by atoms with Crippen molar-refractivity contribution < 1.29 is 14.3 Å². The van der Waals surface area contributed by atoms with Gasteiger partial charge in [0.05, 0.1) is 12.2 Å². The van der Waals surface area contributed by atoms with E-state index in [1.54, 1.807) is 0 Å². The van der Waals surface area contributed by atoms with Crippen molar-refractivity contribution in [1.82, 2.24) is 4.90 Å². The first-order valence-corrected chi connectivity index (χ1v) is 6.45. The maximum absolute atomic E-state index is 12.0. The van der Waals surface area contributed by atoms with Gasteiger partial charge in [-0.3, -0.25) is 0 Å². The van der Waals surface area contributed by atoms with Crippen LogP contribution in [0.5, 0.6) is 0 Å². The zero-order valence-corrected chi connectivity index (χ0v) is 11.3. The number of nitrogens with zero attached hydrogens (tertiary/aromatic N) is 1. The van der Waals surface area contributed by atoms with Crippen LogP contribution in [0, 0.1) is 0 Å². The van der Waals surface area contributed by atoms with Crippen molar-refractivity contribution in [2.75, 3.05) is 13.2 Å². The van der Waals surface area contributed by atoms with Crippen LogP contribution in [0.2, 0.25) is 0 Å². The molecule has 0 unspecified atom stereocenters. The summed E-state index contributed by atoms with van der Waals surface area (Å²) in [5.74, 6) is 0. The number of hydrogen-bond donors (Lipinski definition) is 0. The van der Waals surface area contributed by atoms with Gasteiger partial charge in [-0.25, -0.2) is 4.79 Å². The van der Waals surface area contributed by atoms with Gasteiger partial charge < -0.3 is 14.4 Å². The van der Waals surface area contributed by atoms with Crippen molar-refractivity contribution in [2.24, 2.45) is 0 Å². The summed E-state index contributed by atoms with van der Waals surface area (Å²) in [6.07, 6.45) is 2.82. The van der Waals surface area contributed by atoms with Crippen LogP contribution in [0.25, 0.3) is 0 Å². The molecular formula is C13H23NO3. The van der Waals surface area contributed by atoms with Crippen molar-refractivity contribution in [1.29, 1.82) is 0 Å². The number of rotatable bonds is 0. The van der Waals surface area contributed by atoms with Crippen LogP contribution < -0.4 is 0 Å². The summed E-state index contributed by atoms with van der Waals surface area (Å²) in [5, 5.41) is 0. The highest BCUT2D eigenvalue weighted by atomic mass is 16.6. The first-order valence-electron chi connectivity index (χ1n) is 6.45.